The van der Waals surface area contributed by atoms with Gasteiger partial charge in [-0.15, -0.1) is 0 Å². The van der Waals surface area contributed by atoms with Crippen LogP contribution in [0.1, 0.15) is 33.5 Å². The molecule has 6 heteroatoms. The Kier molecular flexibility index (Phi) is 3.68. The molecule has 30 heavy (non-hydrogen) atoms. The first kappa shape index (κ1) is 17.2. The molecular weight excluding hydrogens is 380 g/mol. The maximum atomic E-state index is 14.0. The molecule has 0 bridgehead atoms. The van der Waals surface area contributed by atoms with Gasteiger partial charge in [-0.05, 0) is 35.4 Å². The number of ether oxygens (including phenoxy) is 3. The zero-order valence-corrected chi connectivity index (χ0v) is 16.0. The molecule has 1 spiro atoms. The molecule has 0 saturated heterocycles. The molecule has 3 atom stereocenters. The van der Waals surface area contributed by atoms with Gasteiger partial charge in [0.05, 0.1) is 12.1 Å². The second-order valence-corrected chi connectivity index (χ2v) is 7.65. The summed E-state index contributed by atoms with van der Waals surface area (Å²) in [6.45, 7) is 0.603. The van der Waals surface area contributed by atoms with Crippen LogP contribution in [0.2, 0.25) is 0 Å². The van der Waals surface area contributed by atoms with Crippen LogP contribution in [0.3, 0.4) is 0 Å². The minimum Gasteiger partial charge on any atom is -0.482 e. The summed E-state index contributed by atoms with van der Waals surface area (Å²) in [6.07, 6.45) is -0.581. The highest BCUT2D eigenvalue weighted by atomic mass is 16.7. The third-order valence-corrected chi connectivity index (χ3v) is 6.07. The molecule has 0 unspecified atom stereocenters. The highest BCUT2D eigenvalue weighted by Crippen LogP contribution is 2.53. The summed E-state index contributed by atoms with van der Waals surface area (Å²) >= 11 is 0. The highest BCUT2D eigenvalue weighted by molar-refractivity contribution is 6.08. The standard InChI is InChI=1S/C24H18N2O4/c27-22-17-8-4-5-9-19(17)30-23(15-6-2-1-3-7-15)24(22)18(13-25-26-24)16-10-11-20-21(12-16)29-14-28-20/h1-12,18,23H,13-14H2/t18-,23-,24+/m0/s1. The lowest BCUT2D eigenvalue weighted by molar-refractivity contribution is 0.0521. The van der Waals surface area contributed by atoms with Crippen LogP contribution in [-0.4, -0.2) is 24.7 Å². The van der Waals surface area contributed by atoms with Crippen LogP contribution in [0.25, 0.3) is 0 Å². The first-order chi connectivity index (χ1) is 14.8. The van der Waals surface area contributed by atoms with Crippen molar-refractivity contribution in [1.82, 2.24) is 0 Å². The Morgan fingerprint density at radius 2 is 1.63 bits per heavy atom. The molecule has 6 nitrogen and oxygen atoms in total. The normalized spacial score (nSPS) is 25.9. The molecule has 3 aromatic rings. The highest BCUT2D eigenvalue weighted by Gasteiger charge is 2.60. The van der Waals surface area contributed by atoms with E-state index in [-0.39, 0.29) is 18.5 Å². The minimum absolute atomic E-state index is 0.0675. The quantitative estimate of drug-likeness (QED) is 0.626. The zero-order valence-electron chi connectivity index (χ0n) is 16.0. The van der Waals surface area contributed by atoms with E-state index in [9.17, 15) is 4.79 Å². The Bertz CT molecular complexity index is 1180. The van der Waals surface area contributed by atoms with Crippen molar-refractivity contribution >= 4 is 5.78 Å². The summed E-state index contributed by atoms with van der Waals surface area (Å²) < 4.78 is 17.5. The molecule has 6 rings (SSSR count). The number of ketones is 1. The Labute approximate surface area is 173 Å². The van der Waals surface area contributed by atoms with E-state index in [2.05, 4.69) is 10.2 Å². The van der Waals surface area contributed by atoms with Crippen molar-refractivity contribution in [3.8, 4) is 17.2 Å². The predicted octanol–water partition coefficient (Wildman–Crippen LogP) is 4.72. The van der Waals surface area contributed by atoms with Gasteiger partial charge < -0.3 is 14.2 Å². The van der Waals surface area contributed by atoms with Gasteiger partial charge in [0.2, 0.25) is 12.6 Å². The van der Waals surface area contributed by atoms with Crippen LogP contribution in [0.15, 0.2) is 83.0 Å². The molecule has 3 aliphatic rings. The van der Waals surface area contributed by atoms with Crippen LogP contribution in [0.4, 0.5) is 0 Å². The number of para-hydroxylation sites is 1. The fourth-order valence-electron chi connectivity index (χ4n) is 4.64. The van der Waals surface area contributed by atoms with Gasteiger partial charge in [-0.1, -0.05) is 48.5 Å². The van der Waals surface area contributed by atoms with Gasteiger partial charge in [-0.3, -0.25) is 4.79 Å². The lowest BCUT2D eigenvalue weighted by Crippen LogP contribution is -2.51. The third-order valence-electron chi connectivity index (χ3n) is 6.07. The molecule has 0 aliphatic carbocycles. The number of Topliss-reactive ketones (excluding diaryl/α,β-unsaturated/α-hetero) is 1. The lowest BCUT2D eigenvalue weighted by Gasteiger charge is -2.41. The van der Waals surface area contributed by atoms with Gasteiger partial charge in [0.25, 0.3) is 0 Å². The largest absolute Gasteiger partial charge is 0.482 e. The van der Waals surface area contributed by atoms with Gasteiger partial charge in [0.15, 0.2) is 23.1 Å². The number of hydrogen-bond donors (Lipinski definition) is 0. The Morgan fingerprint density at radius 3 is 2.53 bits per heavy atom. The fraction of sp³-hybridized carbons (Fsp3) is 0.208. The van der Waals surface area contributed by atoms with Crippen molar-refractivity contribution < 1.29 is 19.0 Å². The molecule has 0 saturated carbocycles. The van der Waals surface area contributed by atoms with Crippen LogP contribution in [0.5, 0.6) is 17.2 Å². The van der Waals surface area contributed by atoms with E-state index in [0.29, 0.717) is 29.4 Å². The summed E-state index contributed by atoms with van der Waals surface area (Å²) in [5, 5.41) is 8.96. The number of hydrogen-bond acceptors (Lipinski definition) is 6. The smallest absolute Gasteiger partial charge is 0.231 e. The van der Waals surface area contributed by atoms with E-state index in [4.69, 9.17) is 14.2 Å². The number of benzene rings is 3. The minimum atomic E-state index is -1.18. The number of rotatable bonds is 2. The van der Waals surface area contributed by atoms with Gasteiger partial charge in [0.1, 0.15) is 5.75 Å². The van der Waals surface area contributed by atoms with Gasteiger partial charge in [-0.2, -0.15) is 10.2 Å². The van der Waals surface area contributed by atoms with Crippen molar-refractivity contribution in [2.45, 2.75) is 17.6 Å². The Morgan fingerprint density at radius 1 is 0.833 bits per heavy atom. The van der Waals surface area contributed by atoms with Crippen LogP contribution < -0.4 is 14.2 Å². The first-order valence-corrected chi connectivity index (χ1v) is 9.91. The summed E-state index contributed by atoms with van der Waals surface area (Å²) in [5.41, 5.74) is 1.19. The average Bonchev–Trinajstić information content (AvgIpc) is 3.44. The molecule has 0 amide bonds. The monoisotopic (exact) mass is 398 g/mol. The fourth-order valence-corrected chi connectivity index (χ4v) is 4.64. The number of carbonyl (C=O) groups is 1. The molecule has 0 aromatic heterocycles. The molecule has 3 aromatic carbocycles. The zero-order chi connectivity index (χ0) is 20.1. The Balaban J connectivity index is 1.54. The van der Waals surface area contributed by atoms with Crippen LogP contribution in [0, 0.1) is 0 Å². The van der Waals surface area contributed by atoms with Crippen molar-refractivity contribution in [2.24, 2.45) is 10.2 Å². The number of azo groups is 1. The van der Waals surface area contributed by atoms with Crippen molar-refractivity contribution in [2.75, 3.05) is 13.3 Å². The van der Waals surface area contributed by atoms with Gasteiger partial charge in [0, 0.05) is 5.92 Å². The van der Waals surface area contributed by atoms with E-state index >= 15 is 0 Å². The molecule has 3 aliphatic heterocycles. The third kappa shape index (κ3) is 2.33. The molecule has 0 radical (unpaired) electrons. The maximum absolute atomic E-state index is 14.0. The summed E-state index contributed by atoms with van der Waals surface area (Å²) in [6, 6.07) is 22.9. The number of fused-ring (bicyclic) bond motifs is 2. The summed E-state index contributed by atoms with van der Waals surface area (Å²) in [5.74, 6) is 1.61. The summed E-state index contributed by atoms with van der Waals surface area (Å²) in [7, 11) is 0. The maximum Gasteiger partial charge on any atom is 0.231 e. The SMILES string of the molecule is O=C1c2ccccc2O[C@@H](c2ccccc2)[C@]12N=NC[C@H]2c1ccc2c(c1)OCO2. The van der Waals surface area contributed by atoms with E-state index in [0.717, 1.165) is 11.1 Å². The lowest BCUT2D eigenvalue weighted by atomic mass is 9.69. The van der Waals surface area contributed by atoms with Crippen molar-refractivity contribution in [3.63, 3.8) is 0 Å². The predicted molar refractivity (Wildman–Crippen MR) is 108 cm³/mol. The molecule has 3 heterocycles. The molecule has 0 N–H and O–H groups in total. The second kappa shape index (κ2) is 6.42. The number of nitrogens with zero attached hydrogens (tertiary/aromatic N) is 2. The first-order valence-electron chi connectivity index (χ1n) is 9.91. The molecule has 0 fully saturated rings. The van der Waals surface area contributed by atoms with E-state index < -0.39 is 11.6 Å². The van der Waals surface area contributed by atoms with Crippen LogP contribution in [-0.2, 0) is 0 Å². The Hall–Kier alpha value is -3.67. The molecular formula is C24H18N2O4. The van der Waals surface area contributed by atoms with Crippen LogP contribution >= 0.6 is 0 Å². The van der Waals surface area contributed by atoms with Crippen molar-refractivity contribution in [1.29, 1.82) is 0 Å². The molecule has 148 valence electrons. The topological polar surface area (TPSA) is 69.5 Å². The van der Waals surface area contributed by atoms with E-state index in [1.807, 2.05) is 66.7 Å². The second-order valence-electron chi connectivity index (χ2n) is 7.65. The van der Waals surface area contributed by atoms with E-state index in [1.54, 1.807) is 6.07 Å². The van der Waals surface area contributed by atoms with Crippen molar-refractivity contribution in [3.05, 3.63) is 89.5 Å². The van der Waals surface area contributed by atoms with E-state index in [1.165, 1.54) is 0 Å². The average molecular weight is 398 g/mol. The van der Waals surface area contributed by atoms with Gasteiger partial charge in [-0.25, -0.2) is 0 Å². The summed E-state index contributed by atoms with van der Waals surface area (Å²) in [4.78, 5) is 14.0. The number of carbonyl (C=O) groups excluding carboxylic acids is 1. The van der Waals surface area contributed by atoms with Gasteiger partial charge >= 0.3 is 0 Å².